The van der Waals surface area contributed by atoms with E-state index in [1.807, 2.05) is 0 Å². The molecule has 1 rings (SSSR count). The number of rotatable bonds is 6. The van der Waals surface area contributed by atoms with E-state index in [0.717, 1.165) is 0 Å². The summed E-state index contributed by atoms with van der Waals surface area (Å²) in [5.74, 6) is -1.15. The van der Waals surface area contributed by atoms with Crippen LogP contribution in [0.25, 0.3) is 0 Å². The lowest BCUT2D eigenvalue weighted by Crippen LogP contribution is -2.37. The van der Waals surface area contributed by atoms with E-state index in [-0.39, 0.29) is 23.5 Å². The Bertz CT molecular complexity index is 583. The first-order valence-electron chi connectivity index (χ1n) is 6.09. The first-order valence-corrected chi connectivity index (χ1v) is 6.09. The zero-order valence-corrected chi connectivity index (χ0v) is 12.0. The zero-order chi connectivity index (χ0) is 16.2. The van der Waals surface area contributed by atoms with Gasteiger partial charge in [0.2, 0.25) is 5.91 Å². The third-order valence-corrected chi connectivity index (χ3v) is 3.00. The quantitative estimate of drug-likeness (QED) is 0.463. The van der Waals surface area contributed by atoms with Gasteiger partial charge in [0.25, 0.3) is 5.69 Å². The van der Waals surface area contributed by atoms with Gasteiger partial charge in [-0.15, -0.1) is 0 Å². The highest BCUT2D eigenvalue weighted by molar-refractivity contribution is 5.91. The number of nitrogens with one attached hydrogen (secondary N) is 1. The van der Waals surface area contributed by atoms with Crippen LogP contribution in [-0.4, -0.2) is 30.5 Å². The Morgan fingerprint density at radius 2 is 2.05 bits per heavy atom. The third kappa shape index (κ3) is 3.91. The SMILES string of the molecule is COC(=O)c1ccc([N+](=O)[O-])c(NCC(C)(C)C(N)=O)c1. The highest BCUT2D eigenvalue weighted by Crippen LogP contribution is 2.27. The number of nitrogens with two attached hydrogens (primary N) is 1. The Morgan fingerprint density at radius 1 is 1.43 bits per heavy atom. The van der Waals surface area contributed by atoms with Crippen LogP contribution in [0, 0.1) is 15.5 Å². The lowest BCUT2D eigenvalue weighted by Gasteiger charge is -2.21. The summed E-state index contributed by atoms with van der Waals surface area (Å²) in [4.78, 5) is 33.1. The molecule has 8 nitrogen and oxygen atoms in total. The summed E-state index contributed by atoms with van der Waals surface area (Å²) in [5, 5.41) is 13.8. The number of hydrogen-bond donors (Lipinski definition) is 2. The second-order valence-corrected chi connectivity index (χ2v) is 5.08. The van der Waals surface area contributed by atoms with E-state index in [0.29, 0.717) is 0 Å². The minimum atomic E-state index is -0.894. The average molecular weight is 295 g/mol. The molecule has 0 bridgehead atoms. The molecule has 0 aliphatic rings. The number of carbonyl (C=O) groups is 2. The molecule has 0 spiro atoms. The number of nitro groups is 1. The highest BCUT2D eigenvalue weighted by Gasteiger charge is 2.26. The first kappa shape index (κ1) is 16.4. The Balaban J connectivity index is 3.10. The van der Waals surface area contributed by atoms with E-state index in [9.17, 15) is 19.7 Å². The lowest BCUT2D eigenvalue weighted by molar-refractivity contribution is -0.384. The summed E-state index contributed by atoms with van der Waals surface area (Å²) in [6.07, 6.45) is 0. The van der Waals surface area contributed by atoms with E-state index < -0.39 is 22.2 Å². The van der Waals surface area contributed by atoms with Gasteiger partial charge in [-0.1, -0.05) is 0 Å². The Labute approximate surface area is 121 Å². The van der Waals surface area contributed by atoms with E-state index in [4.69, 9.17) is 5.73 Å². The van der Waals surface area contributed by atoms with Crippen LogP contribution in [0.3, 0.4) is 0 Å². The Hall–Kier alpha value is -2.64. The number of nitro benzene ring substituents is 1. The maximum Gasteiger partial charge on any atom is 0.337 e. The number of esters is 1. The average Bonchev–Trinajstić information content (AvgIpc) is 2.43. The van der Waals surface area contributed by atoms with E-state index >= 15 is 0 Å². The van der Waals surface area contributed by atoms with E-state index in [2.05, 4.69) is 10.1 Å². The van der Waals surface area contributed by atoms with Crippen LogP contribution in [0.1, 0.15) is 24.2 Å². The summed E-state index contributed by atoms with van der Waals surface area (Å²) < 4.78 is 4.56. The van der Waals surface area contributed by atoms with Crippen LogP contribution in [0.5, 0.6) is 0 Å². The monoisotopic (exact) mass is 295 g/mol. The fourth-order valence-corrected chi connectivity index (χ4v) is 1.48. The summed E-state index contributed by atoms with van der Waals surface area (Å²) in [6.45, 7) is 3.31. The van der Waals surface area contributed by atoms with Crippen molar-refractivity contribution in [3.63, 3.8) is 0 Å². The summed E-state index contributed by atoms with van der Waals surface area (Å²) in [5.41, 5.74) is 4.44. The molecule has 0 saturated heterocycles. The van der Waals surface area contributed by atoms with Crippen LogP contribution in [0.15, 0.2) is 18.2 Å². The van der Waals surface area contributed by atoms with Gasteiger partial charge in [-0.25, -0.2) is 4.79 Å². The van der Waals surface area contributed by atoms with Crippen molar-refractivity contribution in [3.05, 3.63) is 33.9 Å². The molecule has 0 aliphatic heterocycles. The minimum absolute atomic E-state index is 0.0911. The van der Waals surface area contributed by atoms with Gasteiger partial charge >= 0.3 is 5.97 Å². The molecule has 114 valence electrons. The Kier molecular flexibility index (Phi) is 4.85. The fraction of sp³-hybridized carbons (Fsp3) is 0.385. The number of methoxy groups -OCH3 is 1. The van der Waals surface area contributed by atoms with Crippen molar-refractivity contribution < 1.29 is 19.2 Å². The number of primary amides is 1. The summed E-state index contributed by atoms with van der Waals surface area (Å²) in [7, 11) is 1.22. The topological polar surface area (TPSA) is 125 Å². The predicted octanol–water partition coefficient (Wildman–Crippen LogP) is 1.30. The second-order valence-electron chi connectivity index (χ2n) is 5.08. The van der Waals surface area contributed by atoms with Crippen LogP contribution in [0.2, 0.25) is 0 Å². The van der Waals surface area contributed by atoms with Gasteiger partial charge in [-0.2, -0.15) is 0 Å². The molecular formula is C13H17N3O5. The molecule has 0 saturated carbocycles. The molecule has 21 heavy (non-hydrogen) atoms. The van der Waals surface area contributed by atoms with Gasteiger partial charge in [0.15, 0.2) is 0 Å². The fourth-order valence-electron chi connectivity index (χ4n) is 1.48. The van der Waals surface area contributed by atoms with E-state index in [1.165, 1.54) is 25.3 Å². The molecule has 3 N–H and O–H groups in total. The minimum Gasteiger partial charge on any atom is -0.465 e. The van der Waals surface area contributed by atoms with Gasteiger partial charge in [-0.3, -0.25) is 14.9 Å². The van der Waals surface area contributed by atoms with Crippen LogP contribution >= 0.6 is 0 Å². The molecule has 1 aromatic carbocycles. The molecule has 0 aliphatic carbocycles. The van der Waals surface area contributed by atoms with Gasteiger partial charge in [0, 0.05) is 12.6 Å². The highest BCUT2D eigenvalue weighted by atomic mass is 16.6. The normalized spacial score (nSPS) is 10.8. The molecule has 0 atom stereocenters. The molecule has 0 radical (unpaired) electrons. The maximum absolute atomic E-state index is 11.5. The standard InChI is InChI=1S/C13H17N3O5/c1-13(2,12(14)18)7-15-9-6-8(11(17)21-3)4-5-10(9)16(19)20/h4-6,15H,7H2,1-3H3,(H2,14,18). The van der Waals surface area contributed by atoms with Crippen molar-refractivity contribution in [2.24, 2.45) is 11.1 Å². The van der Waals surface area contributed by atoms with Gasteiger partial charge < -0.3 is 15.8 Å². The number of carbonyl (C=O) groups excluding carboxylic acids is 2. The van der Waals surface area contributed by atoms with Crippen LogP contribution < -0.4 is 11.1 Å². The first-order chi connectivity index (χ1) is 9.69. The second kappa shape index (κ2) is 6.21. The largest absolute Gasteiger partial charge is 0.465 e. The molecular weight excluding hydrogens is 278 g/mol. The molecule has 0 unspecified atom stereocenters. The maximum atomic E-state index is 11.5. The smallest absolute Gasteiger partial charge is 0.337 e. The Morgan fingerprint density at radius 3 is 2.52 bits per heavy atom. The van der Waals surface area contributed by atoms with Crippen molar-refractivity contribution in [1.82, 2.24) is 0 Å². The number of ether oxygens (including phenoxy) is 1. The van der Waals surface area contributed by atoms with Crippen LogP contribution in [0.4, 0.5) is 11.4 Å². The van der Waals surface area contributed by atoms with Gasteiger partial charge in [0.1, 0.15) is 5.69 Å². The number of hydrogen-bond acceptors (Lipinski definition) is 6. The predicted molar refractivity (Wildman–Crippen MR) is 75.9 cm³/mol. The van der Waals surface area contributed by atoms with Crippen LogP contribution in [-0.2, 0) is 9.53 Å². The molecule has 0 fully saturated rings. The van der Waals surface area contributed by atoms with Gasteiger partial charge in [-0.05, 0) is 26.0 Å². The zero-order valence-electron chi connectivity index (χ0n) is 12.0. The molecule has 1 aromatic rings. The summed E-state index contributed by atoms with van der Waals surface area (Å²) in [6, 6.07) is 3.81. The number of amides is 1. The van der Waals surface area contributed by atoms with Crippen molar-refractivity contribution in [1.29, 1.82) is 0 Å². The number of anilines is 1. The van der Waals surface area contributed by atoms with Crippen molar-refractivity contribution >= 4 is 23.3 Å². The van der Waals surface area contributed by atoms with Crippen molar-refractivity contribution in [2.75, 3.05) is 19.0 Å². The van der Waals surface area contributed by atoms with Crippen molar-refractivity contribution in [3.8, 4) is 0 Å². The van der Waals surface area contributed by atoms with E-state index in [1.54, 1.807) is 13.8 Å². The van der Waals surface area contributed by atoms with Gasteiger partial charge in [0.05, 0.1) is 23.0 Å². The lowest BCUT2D eigenvalue weighted by atomic mass is 9.92. The molecule has 8 heteroatoms. The molecule has 1 amide bonds. The van der Waals surface area contributed by atoms with Crippen molar-refractivity contribution in [2.45, 2.75) is 13.8 Å². The molecule has 0 heterocycles. The molecule has 0 aromatic heterocycles. The summed E-state index contributed by atoms with van der Waals surface area (Å²) >= 11 is 0. The third-order valence-electron chi connectivity index (χ3n) is 3.00. The number of nitrogens with zero attached hydrogens (tertiary/aromatic N) is 1. The number of benzene rings is 1.